The van der Waals surface area contributed by atoms with Crippen LogP contribution in [0.4, 0.5) is 4.79 Å². The maximum absolute atomic E-state index is 12.3. The van der Waals surface area contributed by atoms with Gasteiger partial charge in [0.25, 0.3) is 0 Å². The van der Waals surface area contributed by atoms with Crippen LogP contribution in [0.15, 0.2) is 11.6 Å². The van der Waals surface area contributed by atoms with Crippen molar-refractivity contribution >= 4 is 12.1 Å². The van der Waals surface area contributed by atoms with E-state index in [1.54, 1.807) is 0 Å². The van der Waals surface area contributed by atoms with E-state index in [-0.39, 0.29) is 17.6 Å². The van der Waals surface area contributed by atoms with Crippen molar-refractivity contribution in [1.29, 1.82) is 0 Å². The molecule has 6 heteroatoms. The van der Waals surface area contributed by atoms with E-state index in [4.69, 9.17) is 4.74 Å². The molecule has 7 unspecified atom stereocenters. The molecule has 0 bridgehead atoms. The number of nitrogens with one attached hydrogen (secondary N) is 1. The van der Waals surface area contributed by atoms with Crippen molar-refractivity contribution < 1.29 is 24.5 Å². The molecule has 1 amide bonds. The van der Waals surface area contributed by atoms with Crippen LogP contribution in [0.5, 0.6) is 0 Å². The van der Waals surface area contributed by atoms with E-state index in [2.05, 4.69) is 25.2 Å². The van der Waals surface area contributed by atoms with Gasteiger partial charge in [0.1, 0.15) is 12.1 Å². The Balaban J connectivity index is 1.58. The average Bonchev–Trinajstić information content (AvgIpc) is 3.08. The molecule has 0 aromatic rings. The molecule has 0 aromatic carbocycles. The summed E-state index contributed by atoms with van der Waals surface area (Å²) in [5.74, 6) is 0.682. The van der Waals surface area contributed by atoms with Crippen LogP contribution in [-0.4, -0.2) is 40.5 Å². The molecule has 3 rings (SSSR count). The molecule has 2 saturated carbocycles. The van der Waals surface area contributed by atoms with E-state index < -0.39 is 18.1 Å². The highest BCUT2D eigenvalue weighted by atomic mass is 16.6. The first kappa shape index (κ1) is 24.1. The number of aliphatic carboxylic acids is 1. The van der Waals surface area contributed by atoms with Crippen LogP contribution in [0.1, 0.15) is 91.4 Å². The highest BCUT2D eigenvalue weighted by molar-refractivity contribution is 5.79. The van der Waals surface area contributed by atoms with Gasteiger partial charge >= 0.3 is 12.1 Å². The minimum atomic E-state index is -1.02. The third-order valence-corrected chi connectivity index (χ3v) is 8.13. The number of hydrogen-bond acceptors (Lipinski definition) is 4. The molecule has 176 valence electrons. The van der Waals surface area contributed by atoms with Crippen LogP contribution in [0.2, 0.25) is 0 Å². The lowest BCUT2D eigenvalue weighted by molar-refractivity contribution is -0.139. The van der Waals surface area contributed by atoms with Crippen LogP contribution >= 0.6 is 0 Å². The smallest absolute Gasteiger partial charge is 0.408 e. The Morgan fingerprint density at radius 1 is 1.26 bits per heavy atom. The Morgan fingerprint density at radius 3 is 2.71 bits per heavy atom. The topological polar surface area (TPSA) is 95.9 Å². The molecule has 0 spiro atoms. The maximum atomic E-state index is 12.3. The summed E-state index contributed by atoms with van der Waals surface area (Å²) < 4.78 is 5.61. The van der Waals surface area contributed by atoms with Crippen molar-refractivity contribution in [2.24, 2.45) is 23.2 Å². The number of alkyl carbamates (subject to hydrolysis) is 1. The Labute approximate surface area is 186 Å². The summed E-state index contributed by atoms with van der Waals surface area (Å²) in [6.45, 7) is 6.45. The summed E-state index contributed by atoms with van der Waals surface area (Å²) in [5.41, 5.74) is 1.54. The second-order valence-electron chi connectivity index (χ2n) is 10.3. The number of aliphatic hydroxyl groups is 1. The molecule has 0 radical (unpaired) electrons. The number of carbonyl (C=O) groups is 2. The number of fused-ring (bicyclic) bond motifs is 1. The van der Waals surface area contributed by atoms with Crippen LogP contribution in [-0.2, 0) is 9.53 Å². The molecular weight excluding hydrogens is 394 g/mol. The average molecular weight is 436 g/mol. The number of allylic oxidation sites excluding steroid dienone is 1. The Bertz CT molecular complexity index is 677. The highest BCUT2D eigenvalue weighted by Crippen LogP contribution is 2.54. The molecule has 2 fully saturated rings. The van der Waals surface area contributed by atoms with Gasteiger partial charge in [0, 0.05) is 6.42 Å². The van der Waals surface area contributed by atoms with Gasteiger partial charge in [-0.25, -0.2) is 9.59 Å². The van der Waals surface area contributed by atoms with Gasteiger partial charge in [-0.3, -0.25) is 0 Å². The predicted molar refractivity (Wildman–Crippen MR) is 120 cm³/mol. The number of ether oxygens (including phenoxy) is 1. The number of amides is 1. The van der Waals surface area contributed by atoms with Gasteiger partial charge in [0.2, 0.25) is 0 Å². The highest BCUT2D eigenvalue weighted by Gasteiger charge is 2.45. The van der Waals surface area contributed by atoms with Crippen molar-refractivity contribution in [1.82, 2.24) is 5.32 Å². The molecule has 0 aromatic heterocycles. The number of carbonyl (C=O) groups excluding carboxylic acids is 1. The zero-order valence-electron chi connectivity index (χ0n) is 19.4. The normalized spacial score (nSPS) is 36.3. The lowest BCUT2D eigenvalue weighted by Gasteiger charge is -2.46. The number of aliphatic hydroxyl groups excluding tert-OH is 1. The lowest BCUT2D eigenvalue weighted by atomic mass is 9.60. The maximum Gasteiger partial charge on any atom is 0.408 e. The van der Waals surface area contributed by atoms with Gasteiger partial charge in [0.15, 0.2) is 0 Å². The molecule has 7 atom stereocenters. The van der Waals surface area contributed by atoms with Crippen LogP contribution in [0.3, 0.4) is 0 Å². The molecule has 3 aliphatic rings. The predicted octanol–water partition coefficient (Wildman–Crippen LogP) is 5.05. The molecule has 3 N–H and O–H groups in total. The summed E-state index contributed by atoms with van der Waals surface area (Å²) >= 11 is 0. The van der Waals surface area contributed by atoms with Gasteiger partial charge in [-0.15, -0.1) is 0 Å². The summed E-state index contributed by atoms with van der Waals surface area (Å²) in [6.07, 6.45) is 11.6. The fraction of sp³-hybridized carbons (Fsp3) is 0.840. The SMILES string of the molecule is CCCC(NC(=O)OC1CCC2(C)CC(C3CCC(O)C3CCC)CC=C2C1)C(=O)O. The van der Waals surface area contributed by atoms with E-state index in [0.717, 1.165) is 57.8 Å². The standard InChI is InChI=1S/C25H41NO5/c1-4-6-20-19(10-11-22(20)27)16-8-9-17-14-18(12-13-25(17,3)15-16)31-24(30)26-21(7-5-2)23(28)29/h9,16,18-22,27H,4-8,10-15H2,1-3H3,(H,26,30)(H,28,29). The van der Waals surface area contributed by atoms with Crippen molar-refractivity contribution in [2.75, 3.05) is 0 Å². The molecule has 3 aliphatic carbocycles. The van der Waals surface area contributed by atoms with E-state index in [1.165, 1.54) is 5.57 Å². The monoisotopic (exact) mass is 435 g/mol. The van der Waals surface area contributed by atoms with Gasteiger partial charge < -0.3 is 20.3 Å². The zero-order chi connectivity index (χ0) is 22.6. The third kappa shape index (κ3) is 5.63. The molecular formula is C25H41NO5. The fourth-order valence-corrected chi connectivity index (χ4v) is 6.45. The van der Waals surface area contributed by atoms with Gasteiger partial charge in [-0.2, -0.15) is 0 Å². The Morgan fingerprint density at radius 2 is 2.03 bits per heavy atom. The second-order valence-corrected chi connectivity index (χ2v) is 10.3. The number of carboxylic acids is 1. The van der Waals surface area contributed by atoms with Crippen LogP contribution < -0.4 is 5.32 Å². The number of hydrogen-bond donors (Lipinski definition) is 3. The van der Waals surface area contributed by atoms with Crippen molar-refractivity contribution in [3.8, 4) is 0 Å². The molecule has 0 saturated heterocycles. The first-order chi connectivity index (χ1) is 14.8. The second kappa shape index (κ2) is 10.4. The Kier molecular flexibility index (Phi) is 8.06. The van der Waals surface area contributed by atoms with Crippen LogP contribution in [0, 0.1) is 23.2 Å². The van der Waals surface area contributed by atoms with Crippen molar-refractivity contribution in [3.05, 3.63) is 11.6 Å². The molecule has 31 heavy (non-hydrogen) atoms. The molecule has 6 nitrogen and oxygen atoms in total. The van der Waals surface area contributed by atoms with E-state index >= 15 is 0 Å². The van der Waals surface area contributed by atoms with Crippen molar-refractivity contribution in [2.45, 2.75) is 110 Å². The summed E-state index contributed by atoms with van der Waals surface area (Å²) in [4.78, 5) is 23.5. The Hall–Kier alpha value is -1.56. The summed E-state index contributed by atoms with van der Waals surface area (Å²) in [7, 11) is 0. The number of rotatable bonds is 8. The van der Waals surface area contributed by atoms with Gasteiger partial charge in [-0.05, 0) is 74.5 Å². The molecule has 0 heterocycles. The minimum absolute atomic E-state index is 0.131. The fourth-order valence-electron chi connectivity index (χ4n) is 6.45. The number of carboxylic acid groups (broad SMARTS) is 1. The third-order valence-electron chi connectivity index (χ3n) is 8.13. The largest absolute Gasteiger partial charge is 0.480 e. The van der Waals surface area contributed by atoms with Crippen molar-refractivity contribution in [3.63, 3.8) is 0 Å². The summed E-state index contributed by atoms with van der Waals surface area (Å²) in [6, 6.07) is -0.890. The van der Waals surface area contributed by atoms with Gasteiger partial charge in [-0.1, -0.05) is 45.3 Å². The zero-order valence-corrected chi connectivity index (χ0v) is 19.4. The lowest BCUT2D eigenvalue weighted by Crippen LogP contribution is -2.43. The molecule has 0 aliphatic heterocycles. The summed E-state index contributed by atoms with van der Waals surface area (Å²) in [5, 5.41) is 22.2. The first-order valence-corrected chi connectivity index (χ1v) is 12.3. The quantitative estimate of drug-likeness (QED) is 0.464. The van der Waals surface area contributed by atoms with Gasteiger partial charge in [0.05, 0.1) is 6.10 Å². The van der Waals surface area contributed by atoms with E-state index in [9.17, 15) is 19.8 Å². The van der Waals surface area contributed by atoms with Crippen LogP contribution in [0.25, 0.3) is 0 Å². The minimum Gasteiger partial charge on any atom is -0.480 e. The first-order valence-electron chi connectivity index (χ1n) is 12.3. The van der Waals surface area contributed by atoms with E-state index in [1.807, 2.05) is 6.92 Å². The van der Waals surface area contributed by atoms with E-state index in [0.29, 0.717) is 30.6 Å².